The number of halogens is 1. The van der Waals surface area contributed by atoms with E-state index in [2.05, 4.69) is 16.0 Å². The SMILES string of the molecule is CC(=O)Nc1ccc(N/C=C(/C#N)C(=O)Nc2cccc(Cl)c2C)cc1. The Labute approximate surface area is 156 Å². The molecule has 0 aliphatic heterocycles. The number of benzene rings is 2. The Hall–Kier alpha value is -3.30. The van der Waals surface area contributed by atoms with Crippen molar-refractivity contribution < 1.29 is 9.59 Å². The van der Waals surface area contributed by atoms with E-state index in [1.807, 2.05) is 6.07 Å². The van der Waals surface area contributed by atoms with Gasteiger partial charge in [-0.3, -0.25) is 9.59 Å². The molecule has 2 aromatic rings. The Balaban J connectivity index is 2.07. The van der Waals surface area contributed by atoms with Crippen molar-refractivity contribution in [2.24, 2.45) is 0 Å². The zero-order valence-corrected chi connectivity index (χ0v) is 15.0. The number of nitrogens with one attached hydrogen (secondary N) is 3. The van der Waals surface area contributed by atoms with Gasteiger partial charge in [0, 0.05) is 35.2 Å². The highest BCUT2D eigenvalue weighted by Crippen LogP contribution is 2.23. The molecule has 0 saturated carbocycles. The summed E-state index contributed by atoms with van der Waals surface area (Å²) < 4.78 is 0. The van der Waals surface area contributed by atoms with Gasteiger partial charge >= 0.3 is 0 Å². The first kappa shape index (κ1) is 19.0. The molecule has 0 unspecified atom stereocenters. The summed E-state index contributed by atoms with van der Waals surface area (Å²) in [7, 11) is 0. The number of hydrogen-bond donors (Lipinski definition) is 3. The average Bonchev–Trinajstić information content (AvgIpc) is 2.60. The molecule has 0 aliphatic rings. The normalized spacial score (nSPS) is 10.6. The lowest BCUT2D eigenvalue weighted by molar-refractivity contribution is -0.114. The summed E-state index contributed by atoms with van der Waals surface area (Å²) in [5.41, 5.74) is 2.50. The summed E-state index contributed by atoms with van der Waals surface area (Å²) in [5, 5.41) is 18.0. The van der Waals surface area contributed by atoms with Gasteiger partial charge in [-0.25, -0.2) is 0 Å². The second-order valence-electron chi connectivity index (χ2n) is 5.44. The van der Waals surface area contributed by atoms with Gasteiger partial charge in [0.1, 0.15) is 11.6 Å². The number of carbonyl (C=O) groups excluding carboxylic acids is 2. The van der Waals surface area contributed by atoms with E-state index in [0.717, 1.165) is 5.56 Å². The van der Waals surface area contributed by atoms with Crippen LogP contribution < -0.4 is 16.0 Å². The van der Waals surface area contributed by atoms with Crippen molar-refractivity contribution in [3.63, 3.8) is 0 Å². The number of hydrogen-bond acceptors (Lipinski definition) is 4. The van der Waals surface area contributed by atoms with Crippen LogP contribution in [-0.2, 0) is 9.59 Å². The van der Waals surface area contributed by atoms with Crippen molar-refractivity contribution >= 4 is 40.5 Å². The standard InChI is InChI=1S/C19H17ClN4O2/c1-12-17(20)4-3-5-18(12)24-19(26)14(10-21)11-22-15-6-8-16(9-7-15)23-13(2)25/h3-9,11,22H,1-2H3,(H,23,25)(H,24,26)/b14-11-. The Morgan fingerprint density at radius 3 is 2.35 bits per heavy atom. The quantitative estimate of drug-likeness (QED) is 0.547. The second kappa shape index (κ2) is 8.70. The molecule has 6 nitrogen and oxygen atoms in total. The van der Waals surface area contributed by atoms with Gasteiger partial charge in [0.25, 0.3) is 5.91 Å². The van der Waals surface area contributed by atoms with E-state index in [9.17, 15) is 14.9 Å². The maximum absolute atomic E-state index is 12.3. The summed E-state index contributed by atoms with van der Waals surface area (Å²) in [6, 6.07) is 13.9. The second-order valence-corrected chi connectivity index (χ2v) is 5.85. The third-order valence-corrected chi connectivity index (χ3v) is 3.88. The molecule has 26 heavy (non-hydrogen) atoms. The number of carbonyl (C=O) groups is 2. The summed E-state index contributed by atoms with van der Waals surface area (Å²) in [5.74, 6) is -0.703. The zero-order valence-electron chi connectivity index (χ0n) is 14.3. The number of nitriles is 1. The molecule has 0 radical (unpaired) electrons. The van der Waals surface area contributed by atoms with Crippen LogP contribution in [0.25, 0.3) is 0 Å². The van der Waals surface area contributed by atoms with Crippen LogP contribution in [0.2, 0.25) is 5.02 Å². The number of anilines is 3. The molecule has 2 amide bonds. The highest BCUT2D eigenvalue weighted by molar-refractivity contribution is 6.31. The van der Waals surface area contributed by atoms with Gasteiger partial charge in [0.2, 0.25) is 5.91 Å². The molecule has 0 aliphatic carbocycles. The predicted octanol–water partition coefficient (Wildman–Crippen LogP) is 4.06. The highest BCUT2D eigenvalue weighted by atomic mass is 35.5. The Morgan fingerprint density at radius 2 is 1.73 bits per heavy atom. The van der Waals surface area contributed by atoms with Crippen LogP contribution in [0.15, 0.2) is 54.2 Å². The van der Waals surface area contributed by atoms with Crippen molar-refractivity contribution in [2.45, 2.75) is 13.8 Å². The van der Waals surface area contributed by atoms with Crippen molar-refractivity contribution in [1.29, 1.82) is 5.26 Å². The summed E-state index contributed by atoms with van der Waals surface area (Å²) >= 11 is 6.03. The van der Waals surface area contributed by atoms with E-state index in [1.54, 1.807) is 49.4 Å². The van der Waals surface area contributed by atoms with Crippen molar-refractivity contribution in [3.05, 3.63) is 64.8 Å². The van der Waals surface area contributed by atoms with Gasteiger partial charge in [0.15, 0.2) is 0 Å². The van der Waals surface area contributed by atoms with Gasteiger partial charge in [0.05, 0.1) is 0 Å². The lowest BCUT2D eigenvalue weighted by Crippen LogP contribution is -2.15. The minimum absolute atomic E-state index is 0.0877. The third-order valence-electron chi connectivity index (χ3n) is 3.47. The largest absolute Gasteiger partial charge is 0.360 e. The fourth-order valence-corrected chi connectivity index (χ4v) is 2.26. The summed E-state index contributed by atoms with van der Waals surface area (Å²) in [6.45, 7) is 3.21. The van der Waals surface area contributed by atoms with Crippen molar-refractivity contribution in [2.75, 3.05) is 16.0 Å². The Morgan fingerprint density at radius 1 is 1.08 bits per heavy atom. The maximum atomic E-state index is 12.3. The van der Waals surface area contributed by atoms with Gasteiger partial charge in [-0.1, -0.05) is 17.7 Å². The smallest absolute Gasteiger partial charge is 0.267 e. The van der Waals surface area contributed by atoms with Gasteiger partial charge in [-0.05, 0) is 48.9 Å². The monoisotopic (exact) mass is 368 g/mol. The van der Waals surface area contributed by atoms with Crippen LogP contribution in [0.3, 0.4) is 0 Å². The molecule has 0 saturated heterocycles. The number of nitrogens with zero attached hydrogens (tertiary/aromatic N) is 1. The van der Waals surface area contributed by atoms with Gasteiger partial charge in [-0.15, -0.1) is 0 Å². The van der Waals surface area contributed by atoms with Crippen LogP contribution in [0.1, 0.15) is 12.5 Å². The molecule has 0 fully saturated rings. The maximum Gasteiger partial charge on any atom is 0.267 e. The summed E-state index contributed by atoms with van der Waals surface area (Å²) in [4.78, 5) is 23.3. The molecule has 132 valence electrons. The molecular weight excluding hydrogens is 352 g/mol. The van der Waals surface area contributed by atoms with E-state index in [0.29, 0.717) is 22.1 Å². The minimum atomic E-state index is -0.541. The van der Waals surface area contributed by atoms with Gasteiger partial charge in [-0.2, -0.15) is 5.26 Å². The van der Waals surface area contributed by atoms with E-state index in [-0.39, 0.29) is 11.5 Å². The van der Waals surface area contributed by atoms with Crippen LogP contribution in [0.4, 0.5) is 17.1 Å². The topological polar surface area (TPSA) is 94.0 Å². The van der Waals surface area contributed by atoms with Crippen molar-refractivity contribution in [1.82, 2.24) is 0 Å². The zero-order chi connectivity index (χ0) is 19.1. The van der Waals surface area contributed by atoms with E-state index < -0.39 is 5.91 Å². The molecule has 0 spiro atoms. The molecule has 0 aromatic heterocycles. The first-order valence-electron chi connectivity index (χ1n) is 7.71. The third kappa shape index (κ3) is 5.10. The van der Waals surface area contributed by atoms with E-state index >= 15 is 0 Å². The summed E-state index contributed by atoms with van der Waals surface area (Å²) in [6.07, 6.45) is 1.32. The van der Waals surface area contributed by atoms with Gasteiger partial charge < -0.3 is 16.0 Å². The first-order valence-corrected chi connectivity index (χ1v) is 8.09. The van der Waals surface area contributed by atoms with E-state index in [4.69, 9.17) is 11.6 Å². The van der Waals surface area contributed by atoms with E-state index in [1.165, 1.54) is 13.1 Å². The number of amides is 2. The Bertz CT molecular complexity index is 899. The predicted molar refractivity (Wildman–Crippen MR) is 103 cm³/mol. The molecule has 3 N–H and O–H groups in total. The van der Waals surface area contributed by atoms with Crippen LogP contribution >= 0.6 is 11.6 Å². The fourth-order valence-electron chi connectivity index (χ4n) is 2.09. The molecule has 0 atom stereocenters. The fraction of sp³-hybridized carbons (Fsp3) is 0.105. The highest BCUT2D eigenvalue weighted by Gasteiger charge is 2.11. The average molecular weight is 369 g/mol. The van der Waals surface area contributed by atoms with Crippen LogP contribution in [0, 0.1) is 18.3 Å². The number of rotatable bonds is 5. The molecule has 7 heteroatoms. The Kier molecular flexibility index (Phi) is 6.36. The molecule has 0 heterocycles. The first-order chi connectivity index (χ1) is 12.4. The van der Waals surface area contributed by atoms with Crippen LogP contribution in [0.5, 0.6) is 0 Å². The lowest BCUT2D eigenvalue weighted by atomic mass is 10.2. The molecule has 0 bridgehead atoms. The molecule has 2 aromatic carbocycles. The van der Waals surface area contributed by atoms with Crippen molar-refractivity contribution in [3.8, 4) is 6.07 Å². The minimum Gasteiger partial charge on any atom is -0.360 e. The van der Waals surface area contributed by atoms with Crippen LogP contribution in [-0.4, -0.2) is 11.8 Å². The molecule has 2 rings (SSSR count). The molecular formula is C19H17ClN4O2. The lowest BCUT2D eigenvalue weighted by Gasteiger charge is -2.09.